The second kappa shape index (κ2) is 6.20. The van der Waals surface area contributed by atoms with Gasteiger partial charge in [0.15, 0.2) is 0 Å². The molecule has 84 valence electrons. The normalized spacial score (nSPS) is 11.0. The molecule has 0 aliphatic heterocycles. The Morgan fingerprint density at radius 1 is 1.40 bits per heavy atom. The molecule has 0 aliphatic carbocycles. The third-order valence-electron chi connectivity index (χ3n) is 2.05. The summed E-state index contributed by atoms with van der Waals surface area (Å²) in [6.45, 7) is 2.60. The Hall–Kier alpha value is -0.450. The summed E-state index contributed by atoms with van der Waals surface area (Å²) in [5.74, 6) is -0.207. The average Bonchev–Trinajstić information content (AvgIpc) is 2.18. The van der Waals surface area contributed by atoms with E-state index in [2.05, 4.69) is 26.1 Å². The molecule has 1 aromatic carbocycles. The van der Waals surface area contributed by atoms with Crippen molar-refractivity contribution < 1.29 is 4.39 Å². The van der Waals surface area contributed by atoms with Crippen molar-refractivity contribution in [1.82, 2.24) is 10.2 Å². The van der Waals surface area contributed by atoms with Crippen molar-refractivity contribution >= 4 is 15.9 Å². The highest BCUT2D eigenvalue weighted by Crippen LogP contribution is 2.16. The van der Waals surface area contributed by atoms with Crippen LogP contribution in [0.15, 0.2) is 22.7 Å². The van der Waals surface area contributed by atoms with Crippen LogP contribution in [0.4, 0.5) is 4.39 Å². The van der Waals surface area contributed by atoms with Crippen molar-refractivity contribution in [3.8, 4) is 0 Å². The van der Waals surface area contributed by atoms with Gasteiger partial charge in [-0.3, -0.25) is 0 Å². The van der Waals surface area contributed by atoms with E-state index in [0.717, 1.165) is 18.7 Å². The summed E-state index contributed by atoms with van der Waals surface area (Å²) in [7, 11) is 4.06. The summed E-state index contributed by atoms with van der Waals surface area (Å²) in [4.78, 5) is 2.11. The second-order valence-corrected chi connectivity index (χ2v) is 4.58. The molecule has 15 heavy (non-hydrogen) atoms. The largest absolute Gasteiger partial charge is 0.311 e. The molecule has 2 nitrogen and oxygen atoms in total. The molecular formula is C11H16BrFN2. The van der Waals surface area contributed by atoms with Crippen LogP contribution in [0, 0.1) is 5.82 Å². The molecule has 0 radical (unpaired) electrons. The Labute approximate surface area is 98.6 Å². The van der Waals surface area contributed by atoms with E-state index in [9.17, 15) is 4.39 Å². The van der Waals surface area contributed by atoms with Gasteiger partial charge in [0.05, 0.1) is 4.47 Å². The molecular weight excluding hydrogens is 259 g/mol. The molecule has 1 N–H and O–H groups in total. The third kappa shape index (κ3) is 4.73. The van der Waals surface area contributed by atoms with Gasteiger partial charge in [0, 0.05) is 19.6 Å². The van der Waals surface area contributed by atoms with Gasteiger partial charge in [-0.1, -0.05) is 6.07 Å². The van der Waals surface area contributed by atoms with Crippen LogP contribution in [0.3, 0.4) is 0 Å². The fraction of sp³-hybridized carbons (Fsp3) is 0.455. The average molecular weight is 275 g/mol. The van der Waals surface area contributed by atoms with E-state index in [4.69, 9.17) is 0 Å². The molecule has 0 saturated carbocycles. The van der Waals surface area contributed by atoms with Gasteiger partial charge in [0.1, 0.15) is 5.82 Å². The Morgan fingerprint density at radius 2 is 2.13 bits per heavy atom. The van der Waals surface area contributed by atoms with E-state index >= 15 is 0 Å². The van der Waals surface area contributed by atoms with Crippen molar-refractivity contribution in [2.75, 3.05) is 27.2 Å². The molecule has 0 aromatic heterocycles. The molecule has 0 bridgehead atoms. The zero-order chi connectivity index (χ0) is 11.3. The van der Waals surface area contributed by atoms with Crippen LogP contribution in [0.5, 0.6) is 0 Å². The fourth-order valence-corrected chi connectivity index (χ4v) is 1.43. The summed E-state index contributed by atoms with van der Waals surface area (Å²) in [5, 5.41) is 3.26. The van der Waals surface area contributed by atoms with Crippen LogP contribution < -0.4 is 5.32 Å². The number of halogens is 2. The van der Waals surface area contributed by atoms with Crippen LogP contribution in [-0.2, 0) is 6.54 Å². The summed E-state index contributed by atoms with van der Waals surface area (Å²) < 4.78 is 13.6. The maximum atomic E-state index is 13.1. The molecule has 0 heterocycles. The maximum absolute atomic E-state index is 13.1. The Bertz CT molecular complexity index is 315. The predicted molar refractivity (Wildman–Crippen MR) is 64.4 cm³/mol. The third-order valence-corrected chi connectivity index (χ3v) is 2.69. The Balaban J connectivity index is 2.35. The number of hydrogen-bond acceptors (Lipinski definition) is 2. The first-order valence-corrected chi connectivity index (χ1v) is 5.68. The maximum Gasteiger partial charge on any atom is 0.137 e. The summed E-state index contributed by atoms with van der Waals surface area (Å²) in [6, 6.07) is 5.20. The number of nitrogens with zero attached hydrogens (tertiary/aromatic N) is 1. The molecule has 0 atom stereocenters. The second-order valence-electron chi connectivity index (χ2n) is 3.73. The van der Waals surface area contributed by atoms with Gasteiger partial charge >= 0.3 is 0 Å². The molecule has 1 aromatic rings. The van der Waals surface area contributed by atoms with Crippen LogP contribution in [0.2, 0.25) is 0 Å². The summed E-state index contributed by atoms with van der Waals surface area (Å²) in [5.41, 5.74) is 0.967. The molecule has 0 amide bonds. The minimum absolute atomic E-state index is 0.207. The van der Waals surface area contributed by atoms with Gasteiger partial charge in [-0.2, -0.15) is 0 Å². The highest BCUT2D eigenvalue weighted by molar-refractivity contribution is 9.10. The van der Waals surface area contributed by atoms with Crippen LogP contribution in [0.25, 0.3) is 0 Å². The van der Waals surface area contributed by atoms with E-state index in [-0.39, 0.29) is 5.82 Å². The number of benzene rings is 1. The highest BCUT2D eigenvalue weighted by Gasteiger charge is 2.00. The first-order chi connectivity index (χ1) is 7.09. The lowest BCUT2D eigenvalue weighted by molar-refractivity contribution is 0.400. The van der Waals surface area contributed by atoms with Gasteiger partial charge in [-0.25, -0.2) is 4.39 Å². The number of nitrogens with one attached hydrogen (secondary N) is 1. The van der Waals surface area contributed by atoms with Crippen LogP contribution in [0.1, 0.15) is 5.56 Å². The van der Waals surface area contributed by atoms with E-state index in [1.165, 1.54) is 0 Å². The summed E-state index contributed by atoms with van der Waals surface area (Å²) in [6.07, 6.45) is 0. The van der Waals surface area contributed by atoms with Gasteiger partial charge in [0.25, 0.3) is 0 Å². The molecule has 0 saturated heterocycles. The summed E-state index contributed by atoms with van der Waals surface area (Å²) >= 11 is 3.13. The SMILES string of the molecule is CN(C)CCNCc1ccc(Br)c(F)c1. The molecule has 0 spiro atoms. The Morgan fingerprint density at radius 3 is 2.73 bits per heavy atom. The minimum atomic E-state index is -0.207. The molecule has 0 aliphatic rings. The standard InChI is InChI=1S/C11H16BrFN2/c1-15(2)6-5-14-8-9-3-4-10(12)11(13)7-9/h3-4,7,14H,5-6,8H2,1-2H3. The van der Waals surface area contributed by atoms with E-state index in [1.54, 1.807) is 12.1 Å². The first kappa shape index (κ1) is 12.6. The van der Waals surface area contributed by atoms with Crippen molar-refractivity contribution in [3.63, 3.8) is 0 Å². The quantitative estimate of drug-likeness (QED) is 0.829. The highest BCUT2D eigenvalue weighted by atomic mass is 79.9. The molecule has 0 unspecified atom stereocenters. The van der Waals surface area contributed by atoms with Crippen molar-refractivity contribution in [2.24, 2.45) is 0 Å². The molecule has 0 fully saturated rings. The van der Waals surface area contributed by atoms with Gasteiger partial charge in [0.2, 0.25) is 0 Å². The Kier molecular flexibility index (Phi) is 5.22. The smallest absolute Gasteiger partial charge is 0.137 e. The van der Waals surface area contributed by atoms with E-state index in [0.29, 0.717) is 11.0 Å². The zero-order valence-electron chi connectivity index (χ0n) is 9.06. The van der Waals surface area contributed by atoms with E-state index < -0.39 is 0 Å². The van der Waals surface area contributed by atoms with Crippen molar-refractivity contribution in [3.05, 3.63) is 34.1 Å². The fourth-order valence-electron chi connectivity index (χ4n) is 1.18. The minimum Gasteiger partial charge on any atom is -0.311 e. The first-order valence-electron chi connectivity index (χ1n) is 4.89. The predicted octanol–water partition coefficient (Wildman–Crippen LogP) is 2.24. The molecule has 4 heteroatoms. The zero-order valence-corrected chi connectivity index (χ0v) is 10.6. The lowest BCUT2D eigenvalue weighted by Gasteiger charge is -2.10. The van der Waals surface area contributed by atoms with Crippen molar-refractivity contribution in [1.29, 1.82) is 0 Å². The molecule has 1 rings (SSSR count). The lowest BCUT2D eigenvalue weighted by atomic mass is 10.2. The van der Waals surface area contributed by atoms with Gasteiger partial charge in [-0.05, 0) is 47.7 Å². The van der Waals surface area contributed by atoms with Crippen molar-refractivity contribution in [2.45, 2.75) is 6.54 Å². The van der Waals surface area contributed by atoms with Gasteiger partial charge < -0.3 is 10.2 Å². The topological polar surface area (TPSA) is 15.3 Å². The number of hydrogen-bond donors (Lipinski definition) is 1. The monoisotopic (exact) mass is 274 g/mol. The van der Waals surface area contributed by atoms with Crippen LogP contribution in [-0.4, -0.2) is 32.1 Å². The van der Waals surface area contributed by atoms with E-state index in [1.807, 2.05) is 20.2 Å². The lowest BCUT2D eigenvalue weighted by Crippen LogP contribution is -2.26. The number of likely N-dealkylation sites (N-methyl/N-ethyl adjacent to an activating group) is 1. The number of rotatable bonds is 5. The van der Waals surface area contributed by atoms with Crippen LogP contribution >= 0.6 is 15.9 Å². The van der Waals surface area contributed by atoms with Gasteiger partial charge in [-0.15, -0.1) is 0 Å².